The predicted molar refractivity (Wildman–Crippen MR) is 54.7 cm³/mol. The first kappa shape index (κ1) is 12.6. The molecule has 0 rings (SSSR count). The summed E-state index contributed by atoms with van der Waals surface area (Å²) in [5.74, 6) is 1.17. The normalized spacial score (nSPS) is 13.3. The Labute approximate surface area is 81.7 Å². The number of rotatable bonds is 7. The highest BCUT2D eigenvalue weighted by Crippen LogP contribution is 2.12. The minimum Gasteiger partial charge on any atom is -0.385 e. The van der Waals surface area contributed by atoms with Gasteiger partial charge in [-0.1, -0.05) is 20.8 Å². The molecular formula is C11H22O2. The predicted octanol–water partition coefficient (Wildman–Crippen LogP) is 2.66. The molecule has 0 heterocycles. The van der Waals surface area contributed by atoms with Gasteiger partial charge in [-0.05, 0) is 18.8 Å². The maximum Gasteiger partial charge on any atom is 0.135 e. The Morgan fingerprint density at radius 3 is 2.31 bits per heavy atom. The third kappa shape index (κ3) is 6.76. The molecule has 0 aromatic carbocycles. The van der Waals surface area contributed by atoms with Gasteiger partial charge in [-0.15, -0.1) is 0 Å². The van der Waals surface area contributed by atoms with Gasteiger partial charge in [0, 0.05) is 26.1 Å². The highest BCUT2D eigenvalue weighted by molar-refractivity contribution is 5.80. The molecular weight excluding hydrogens is 164 g/mol. The van der Waals surface area contributed by atoms with Gasteiger partial charge in [0.1, 0.15) is 5.78 Å². The van der Waals surface area contributed by atoms with Crippen molar-refractivity contribution in [1.82, 2.24) is 0 Å². The molecule has 0 saturated carbocycles. The topological polar surface area (TPSA) is 26.3 Å². The molecule has 1 unspecified atom stereocenters. The molecule has 0 spiro atoms. The minimum absolute atomic E-state index is 0.189. The first-order valence-corrected chi connectivity index (χ1v) is 5.09. The Hall–Kier alpha value is -0.370. The summed E-state index contributed by atoms with van der Waals surface area (Å²) in [7, 11) is 1.71. The number of Topliss-reactive ketones (excluding diaryl/α,β-unsaturated/α-hetero) is 1. The van der Waals surface area contributed by atoms with Crippen molar-refractivity contribution in [3.05, 3.63) is 0 Å². The molecule has 0 aromatic heterocycles. The van der Waals surface area contributed by atoms with Crippen molar-refractivity contribution in [2.45, 2.75) is 40.0 Å². The second-order valence-corrected chi connectivity index (χ2v) is 4.05. The highest BCUT2D eigenvalue weighted by atomic mass is 16.5. The van der Waals surface area contributed by atoms with Crippen LogP contribution >= 0.6 is 0 Å². The van der Waals surface area contributed by atoms with Crippen LogP contribution < -0.4 is 0 Å². The van der Waals surface area contributed by atoms with Gasteiger partial charge >= 0.3 is 0 Å². The molecule has 0 aliphatic heterocycles. The van der Waals surface area contributed by atoms with E-state index in [1.165, 1.54) is 0 Å². The SMILES string of the molecule is COCCC(C)CCC(=O)C(C)C. The van der Waals surface area contributed by atoms with E-state index in [0.29, 0.717) is 11.7 Å². The van der Waals surface area contributed by atoms with Crippen molar-refractivity contribution in [3.8, 4) is 0 Å². The van der Waals surface area contributed by atoms with Crippen LogP contribution in [0.25, 0.3) is 0 Å². The van der Waals surface area contributed by atoms with Crippen molar-refractivity contribution >= 4 is 5.78 Å². The molecule has 0 aromatic rings. The zero-order chi connectivity index (χ0) is 10.3. The summed E-state index contributed by atoms with van der Waals surface area (Å²) < 4.78 is 4.98. The number of ketones is 1. The van der Waals surface area contributed by atoms with Crippen molar-refractivity contribution in [3.63, 3.8) is 0 Å². The van der Waals surface area contributed by atoms with Crippen LogP contribution in [0.4, 0.5) is 0 Å². The Balaban J connectivity index is 3.46. The highest BCUT2D eigenvalue weighted by Gasteiger charge is 2.09. The summed E-state index contributed by atoms with van der Waals surface area (Å²) in [5, 5.41) is 0. The monoisotopic (exact) mass is 186 g/mol. The second kappa shape index (κ2) is 7.07. The third-order valence-electron chi connectivity index (χ3n) is 2.34. The molecule has 0 aliphatic carbocycles. The van der Waals surface area contributed by atoms with Gasteiger partial charge in [-0.25, -0.2) is 0 Å². The quantitative estimate of drug-likeness (QED) is 0.611. The van der Waals surface area contributed by atoms with Gasteiger partial charge in [0.15, 0.2) is 0 Å². The van der Waals surface area contributed by atoms with Gasteiger partial charge in [-0.2, -0.15) is 0 Å². The van der Waals surface area contributed by atoms with Gasteiger partial charge in [-0.3, -0.25) is 4.79 Å². The van der Waals surface area contributed by atoms with Crippen LogP contribution in [0, 0.1) is 11.8 Å². The summed E-state index contributed by atoms with van der Waals surface area (Å²) in [6.07, 6.45) is 2.78. The molecule has 0 saturated heterocycles. The summed E-state index contributed by atoms with van der Waals surface area (Å²) in [5.41, 5.74) is 0. The molecule has 78 valence electrons. The first-order valence-electron chi connectivity index (χ1n) is 5.09. The average molecular weight is 186 g/mol. The molecule has 0 radical (unpaired) electrons. The number of carbonyl (C=O) groups is 1. The van der Waals surface area contributed by atoms with Crippen LogP contribution in [0.15, 0.2) is 0 Å². The summed E-state index contributed by atoms with van der Waals surface area (Å²) >= 11 is 0. The first-order chi connectivity index (χ1) is 6.07. The third-order valence-corrected chi connectivity index (χ3v) is 2.34. The Kier molecular flexibility index (Phi) is 6.87. The molecule has 0 amide bonds. The fourth-order valence-electron chi connectivity index (χ4n) is 1.14. The maximum absolute atomic E-state index is 11.3. The smallest absolute Gasteiger partial charge is 0.135 e. The fourth-order valence-corrected chi connectivity index (χ4v) is 1.14. The second-order valence-electron chi connectivity index (χ2n) is 4.05. The van der Waals surface area contributed by atoms with E-state index in [9.17, 15) is 4.79 Å². The van der Waals surface area contributed by atoms with Crippen molar-refractivity contribution in [2.24, 2.45) is 11.8 Å². The summed E-state index contributed by atoms with van der Waals surface area (Å²) in [4.78, 5) is 11.3. The molecule has 1 atom stereocenters. The van der Waals surface area contributed by atoms with E-state index in [4.69, 9.17) is 4.74 Å². The van der Waals surface area contributed by atoms with Gasteiger partial charge in [0.05, 0.1) is 0 Å². The van der Waals surface area contributed by atoms with E-state index in [1.54, 1.807) is 7.11 Å². The molecule has 13 heavy (non-hydrogen) atoms. The molecule has 0 N–H and O–H groups in total. The summed E-state index contributed by atoms with van der Waals surface area (Å²) in [6.45, 7) is 6.90. The van der Waals surface area contributed by atoms with Crippen LogP contribution in [0.1, 0.15) is 40.0 Å². The number of ether oxygens (including phenoxy) is 1. The van der Waals surface area contributed by atoms with Crippen LogP contribution in [-0.2, 0) is 9.53 Å². The summed E-state index contributed by atoms with van der Waals surface area (Å²) in [6, 6.07) is 0. The molecule has 0 fully saturated rings. The Morgan fingerprint density at radius 1 is 1.23 bits per heavy atom. The van der Waals surface area contributed by atoms with Crippen molar-refractivity contribution in [2.75, 3.05) is 13.7 Å². The van der Waals surface area contributed by atoms with Crippen LogP contribution in [0.3, 0.4) is 0 Å². The lowest BCUT2D eigenvalue weighted by molar-refractivity contribution is -0.122. The van der Waals surface area contributed by atoms with E-state index in [2.05, 4.69) is 6.92 Å². The van der Waals surface area contributed by atoms with E-state index in [1.807, 2.05) is 13.8 Å². The largest absolute Gasteiger partial charge is 0.385 e. The van der Waals surface area contributed by atoms with Gasteiger partial charge in [0.25, 0.3) is 0 Å². The molecule has 2 nitrogen and oxygen atoms in total. The molecule has 0 aliphatic rings. The van der Waals surface area contributed by atoms with E-state index < -0.39 is 0 Å². The lowest BCUT2D eigenvalue weighted by atomic mass is 9.97. The number of hydrogen-bond acceptors (Lipinski definition) is 2. The lowest BCUT2D eigenvalue weighted by Crippen LogP contribution is -2.09. The minimum atomic E-state index is 0.189. The zero-order valence-corrected chi connectivity index (χ0v) is 9.30. The van der Waals surface area contributed by atoms with Crippen molar-refractivity contribution in [1.29, 1.82) is 0 Å². The fraction of sp³-hybridized carbons (Fsp3) is 0.909. The molecule has 2 heteroatoms. The molecule has 0 bridgehead atoms. The standard InChI is InChI=1S/C11H22O2/c1-9(2)11(12)6-5-10(3)7-8-13-4/h9-10H,5-8H2,1-4H3. The van der Waals surface area contributed by atoms with Gasteiger partial charge in [0.2, 0.25) is 0 Å². The lowest BCUT2D eigenvalue weighted by Gasteiger charge is -2.10. The number of methoxy groups -OCH3 is 1. The Bertz CT molecular complexity index is 141. The van der Waals surface area contributed by atoms with E-state index >= 15 is 0 Å². The van der Waals surface area contributed by atoms with Crippen LogP contribution in [0.5, 0.6) is 0 Å². The Morgan fingerprint density at radius 2 is 1.85 bits per heavy atom. The average Bonchev–Trinajstić information content (AvgIpc) is 2.10. The van der Waals surface area contributed by atoms with E-state index in [-0.39, 0.29) is 5.92 Å². The number of hydrogen-bond donors (Lipinski definition) is 0. The van der Waals surface area contributed by atoms with Gasteiger partial charge < -0.3 is 4.74 Å². The van der Waals surface area contributed by atoms with Crippen LogP contribution in [0.2, 0.25) is 0 Å². The van der Waals surface area contributed by atoms with E-state index in [0.717, 1.165) is 25.9 Å². The zero-order valence-electron chi connectivity index (χ0n) is 9.30. The number of carbonyl (C=O) groups excluding carboxylic acids is 1. The van der Waals surface area contributed by atoms with Crippen molar-refractivity contribution < 1.29 is 9.53 Å². The maximum atomic E-state index is 11.3. The van der Waals surface area contributed by atoms with Crippen LogP contribution in [-0.4, -0.2) is 19.5 Å².